The summed E-state index contributed by atoms with van der Waals surface area (Å²) in [6.45, 7) is 3.26. The van der Waals surface area contributed by atoms with Gasteiger partial charge in [0, 0.05) is 18.9 Å². The van der Waals surface area contributed by atoms with Gasteiger partial charge in [-0.2, -0.15) is 5.10 Å². The molecule has 0 saturated carbocycles. The molecular weight excluding hydrogens is 222 g/mol. The molecule has 2 rings (SSSR count). The molecule has 3 heteroatoms. The molecule has 0 aliphatic heterocycles. The third kappa shape index (κ3) is 3.36. The Labute approximate surface area is 109 Å². The molecule has 0 radical (unpaired) electrons. The Morgan fingerprint density at radius 2 is 2.00 bits per heavy atom. The van der Waals surface area contributed by atoms with Crippen LogP contribution in [0.1, 0.15) is 32.6 Å². The number of aromatic nitrogens is 2. The molecule has 1 aromatic heterocycles. The third-order valence-corrected chi connectivity index (χ3v) is 3.00. The van der Waals surface area contributed by atoms with E-state index in [1.807, 2.05) is 23.0 Å². The lowest BCUT2D eigenvalue weighted by atomic mass is 10.2. The van der Waals surface area contributed by atoms with Crippen molar-refractivity contribution in [2.45, 2.75) is 32.6 Å². The highest BCUT2D eigenvalue weighted by Gasteiger charge is 2.02. The highest BCUT2D eigenvalue weighted by atomic mass is 15.3. The second-order valence-electron chi connectivity index (χ2n) is 4.46. The average molecular weight is 243 g/mol. The van der Waals surface area contributed by atoms with Gasteiger partial charge in [0.2, 0.25) is 0 Å². The first-order chi connectivity index (χ1) is 8.92. The van der Waals surface area contributed by atoms with Gasteiger partial charge in [0.1, 0.15) is 0 Å². The van der Waals surface area contributed by atoms with E-state index in [1.54, 1.807) is 6.20 Å². The highest BCUT2D eigenvalue weighted by molar-refractivity contribution is 5.60. The van der Waals surface area contributed by atoms with Gasteiger partial charge in [0.05, 0.1) is 11.4 Å². The van der Waals surface area contributed by atoms with Crippen LogP contribution in [0.25, 0.3) is 5.69 Å². The summed E-state index contributed by atoms with van der Waals surface area (Å²) in [7, 11) is 0. The molecule has 0 bridgehead atoms. The molecule has 0 fully saturated rings. The van der Waals surface area contributed by atoms with Crippen LogP contribution in [-0.4, -0.2) is 16.3 Å². The van der Waals surface area contributed by atoms with Gasteiger partial charge in [0.25, 0.3) is 0 Å². The van der Waals surface area contributed by atoms with Crippen LogP contribution in [0.4, 0.5) is 5.69 Å². The summed E-state index contributed by atoms with van der Waals surface area (Å²) in [5, 5.41) is 7.78. The van der Waals surface area contributed by atoms with Crippen LogP contribution in [0.15, 0.2) is 42.7 Å². The van der Waals surface area contributed by atoms with Crippen molar-refractivity contribution in [3.63, 3.8) is 0 Å². The predicted octanol–water partition coefficient (Wildman–Crippen LogP) is 3.86. The van der Waals surface area contributed by atoms with Gasteiger partial charge in [-0.15, -0.1) is 0 Å². The minimum atomic E-state index is 1.03. The largest absolute Gasteiger partial charge is 0.383 e. The van der Waals surface area contributed by atoms with Crippen molar-refractivity contribution in [1.29, 1.82) is 0 Å². The van der Waals surface area contributed by atoms with E-state index >= 15 is 0 Å². The monoisotopic (exact) mass is 243 g/mol. The smallest absolute Gasteiger partial charge is 0.0876 e. The molecule has 96 valence electrons. The molecule has 0 aliphatic carbocycles. The summed E-state index contributed by atoms with van der Waals surface area (Å²) >= 11 is 0. The maximum absolute atomic E-state index is 4.28. The lowest BCUT2D eigenvalue weighted by Gasteiger charge is -2.11. The van der Waals surface area contributed by atoms with Gasteiger partial charge in [-0.1, -0.05) is 38.3 Å². The Morgan fingerprint density at radius 1 is 1.11 bits per heavy atom. The molecule has 0 aliphatic rings. The summed E-state index contributed by atoms with van der Waals surface area (Å²) in [6, 6.07) is 10.2. The topological polar surface area (TPSA) is 29.9 Å². The maximum atomic E-state index is 4.28. The fraction of sp³-hybridized carbons (Fsp3) is 0.400. The summed E-state index contributed by atoms with van der Waals surface area (Å²) < 4.78 is 1.90. The third-order valence-electron chi connectivity index (χ3n) is 3.00. The first-order valence-electron chi connectivity index (χ1n) is 6.74. The number of unbranched alkanes of at least 4 members (excludes halogenated alkanes) is 3. The summed E-state index contributed by atoms with van der Waals surface area (Å²) in [5.41, 5.74) is 2.26. The summed E-state index contributed by atoms with van der Waals surface area (Å²) in [5.74, 6) is 0. The van der Waals surface area contributed by atoms with Gasteiger partial charge in [0.15, 0.2) is 0 Å². The Hall–Kier alpha value is -1.77. The molecule has 0 atom stereocenters. The molecule has 0 unspecified atom stereocenters. The lowest BCUT2D eigenvalue weighted by molar-refractivity contribution is 0.684. The molecule has 1 N–H and O–H groups in total. The normalized spacial score (nSPS) is 10.5. The van der Waals surface area contributed by atoms with E-state index < -0.39 is 0 Å². The lowest BCUT2D eigenvalue weighted by Crippen LogP contribution is -2.06. The molecule has 0 spiro atoms. The number of rotatable bonds is 7. The number of nitrogens with one attached hydrogen (secondary N) is 1. The summed E-state index contributed by atoms with van der Waals surface area (Å²) in [4.78, 5) is 0. The van der Waals surface area contributed by atoms with E-state index in [-0.39, 0.29) is 0 Å². The van der Waals surface area contributed by atoms with E-state index in [4.69, 9.17) is 0 Å². The first kappa shape index (κ1) is 12.7. The summed E-state index contributed by atoms with van der Waals surface area (Å²) in [6.07, 6.45) is 8.90. The Kier molecular flexibility index (Phi) is 4.82. The van der Waals surface area contributed by atoms with Crippen molar-refractivity contribution in [3.05, 3.63) is 42.7 Å². The zero-order valence-corrected chi connectivity index (χ0v) is 11.0. The zero-order valence-electron chi connectivity index (χ0n) is 11.0. The molecule has 0 saturated heterocycles. The molecule has 1 heterocycles. The number of hydrogen-bond donors (Lipinski definition) is 1. The fourth-order valence-electron chi connectivity index (χ4n) is 2.01. The van der Waals surface area contributed by atoms with Gasteiger partial charge in [-0.05, 0) is 24.6 Å². The molecule has 0 amide bonds. The Bertz CT molecular complexity index is 449. The Morgan fingerprint density at radius 3 is 2.78 bits per heavy atom. The van der Waals surface area contributed by atoms with Crippen LogP contribution in [0.3, 0.4) is 0 Å². The molecule has 2 aromatic rings. The number of para-hydroxylation sites is 2. The average Bonchev–Trinajstić information content (AvgIpc) is 2.93. The predicted molar refractivity (Wildman–Crippen MR) is 76.2 cm³/mol. The van der Waals surface area contributed by atoms with Crippen LogP contribution in [0.5, 0.6) is 0 Å². The van der Waals surface area contributed by atoms with E-state index in [1.165, 1.54) is 25.7 Å². The standard InChI is InChI=1S/C15H21N3/c1-2-3-4-7-11-16-14-9-5-6-10-15(14)18-13-8-12-17-18/h5-6,8-10,12-13,16H,2-4,7,11H2,1H3. The minimum absolute atomic E-state index is 1.03. The van der Waals surface area contributed by atoms with Crippen molar-refractivity contribution in [2.75, 3.05) is 11.9 Å². The first-order valence-corrected chi connectivity index (χ1v) is 6.74. The van der Waals surface area contributed by atoms with Gasteiger partial charge in [-0.3, -0.25) is 0 Å². The molecule has 18 heavy (non-hydrogen) atoms. The van der Waals surface area contributed by atoms with Crippen molar-refractivity contribution >= 4 is 5.69 Å². The molecular formula is C15H21N3. The molecule has 1 aromatic carbocycles. The van der Waals surface area contributed by atoms with E-state index in [0.29, 0.717) is 0 Å². The van der Waals surface area contributed by atoms with Crippen molar-refractivity contribution in [2.24, 2.45) is 0 Å². The number of hydrogen-bond acceptors (Lipinski definition) is 2. The SMILES string of the molecule is CCCCCCNc1ccccc1-n1cccn1. The van der Waals surface area contributed by atoms with E-state index in [2.05, 4.69) is 35.5 Å². The van der Waals surface area contributed by atoms with Crippen LogP contribution in [-0.2, 0) is 0 Å². The fourth-order valence-corrected chi connectivity index (χ4v) is 2.01. The van der Waals surface area contributed by atoms with Crippen molar-refractivity contribution in [1.82, 2.24) is 9.78 Å². The van der Waals surface area contributed by atoms with Gasteiger partial charge in [-0.25, -0.2) is 4.68 Å². The zero-order chi connectivity index (χ0) is 12.6. The van der Waals surface area contributed by atoms with Crippen LogP contribution < -0.4 is 5.32 Å². The number of anilines is 1. The van der Waals surface area contributed by atoms with E-state index in [0.717, 1.165) is 17.9 Å². The van der Waals surface area contributed by atoms with E-state index in [9.17, 15) is 0 Å². The molecule has 3 nitrogen and oxygen atoms in total. The van der Waals surface area contributed by atoms with Crippen LogP contribution >= 0.6 is 0 Å². The number of benzene rings is 1. The van der Waals surface area contributed by atoms with Crippen LogP contribution in [0, 0.1) is 0 Å². The maximum Gasteiger partial charge on any atom is 0.0876 e. The second kappa shape index (κ2) is 6.84. The quantitative estimate of drug-likeness (QED) is 0.748. The Balaban J connectivity index is 1.96. The second-order valence-corrected chi connectivity index (χ2v) is 4.46. The highest BCUT2D eigenvalue weighted by Crippen LogP contribution is 2.18. The van der Waals surface area contributed by atoms with Gasteiger partial charge >= 0.3 is 0 Å². The minimum Gasteiger partial charge on any atom is -0.383 e. The van der Waals surface area contributed by atoms with Crippen molar-refractivity contribution in [3.8, 4) is 5.69 Å². The van der Waals surface area contributed by atoms with Crippen molar-refractivity contribution < 1.29 is 0 Å². The van der Waals surface area contributed by atoms with Gasteiger partial charge < -0.3 is 5.32 Å². The van der Waals surface area contributed by atoms with Crippen LogP contribution in [0.2, 0.25) is 0 Å². The number of nitrogens with zero attached hydrogens (tertiary/aromatic N) is 2.